The molecule has 2 aromatic heterocycles. The first-order chi connectivity index (χ1) is 17.7. The van der Waals surface area contributed by atoms with Gasteiger partial charge in [-0.3, -0.25) is 0 Å². The molecule has 206 valence electrons. The van der Waals surface area contributed by atoms with E-state index in [0.29, 0.717) is 0 Å². The molecule has 0 aliphatic carbocycles. The summed E-state index contributed by atoms with van der Waals surface area (Å²) in [6, 6.07) is 2.45. The number of unbranched alkanes of at least 4 members (excludes halogenated alkanes) is 18. The van der Waals surface area contributed by atoms with E-state index < -0.39 is 0 Å². The molecule has 0 bridgehead atoms. The zero-order valence-electron chi connectivity index (χ0n) is 23.3. The van der Waals surface area contributed by atoms with E-state index >= 15 is 0 Å². The van der Waals surface area contributed by atoms with Crippen molar-refractivity contribution < 1.29 is 0 Å². The molecule has 0 saturated carbocycles. The van der Waals surface area contributed by atoms with Crippen LogP contribution in [0.2, 0.25) is 0 Å². The number of hydrogen-bond acceptors (Lipinski definition) is 2. The van der Waals surface area contributed by atoms with Gasteiger partial charge in [0.25, 0.3) is 0 Å². The summed E-state index contributed by atoms with van der Waals surface area (Å²) in [7, 11) is 0. The maximum Gasteiger partial charge on any atom is 0.0748 e. The molecular formula is C32H52Br2S2. The second-order valence-electron chi connectivity index (χ2n) is 10.7. The van der Waals surface area contributed by atoms with Crippen molar-refractivity contribution in [2.24, 2.45) is 0 Å². The summed E-state index contributed by atoms with van der Waals surface area (Å²) in [5, 5.41) is 2.39. The summed E-state index contributed by atoms with van der Waals surface area (Å²) in [4.78, 5) is 2.85. The van der Waals surface area contributed by atoms with Crippen molar-refractivity contribution in [3.63, 3.8) is 0 Å². The highest BCUT2D eigenvalue weighted by Gasteiger charge is 2.17. The van der Waals surface area contributed by atoms with Crippen LogP contribution in [0.5, 0.6) is 0 Å². The molecule has 0 spiro atoms. The molecule has 0 saturated heterocycles. The van der Waals surface area contributed by atoms with Gasteiger partial charge in [-0.05, 0) is 80.1 Å². The van der Waals surface area contributed by atoms with Crippen LogP contribution >= 0.6 is 54.5 Å². The Bertz CT molecular complexity index is 792. The topological polar surface area (TPSA) is 0 Å². The molecule has 0 N–H and O–H groups in total. The van der Waals surface area contributed by atoms with Crippen molar-refractivity contribution in [1.29, 1.82) is 0 Å². The van der Waals surface area contributed by atoms with Crippen LogP contribution in [0.15, 0.2) is 19.7 Å². The van der Waals surface area contributed by atoms with E-state index in [1.807, 2.05) is 22.7 Å². The quantitative estimate of drug-likeness (QED) is 0.104. The van der Waals surface area contributed by atoms with Gasteiger partial charge < -0.3 is 0 Å². The molecule has 0 fully saturated rings. The Morgan fingerprint density at radius 1 is 0.583 bits per heavy atom. The van der Waals surface area contributed by atoms with Crippen LogP contribution in [0.3, 0.4) is 0 Å². The van der Waals surface area contributed by atoms with E-state index in [9.17, 15) is 0 Å². The molecule has 0 radical (unpaired) electrons. The number of rotatable bonds is 23. The minimum atomic E-state index is 1.19. The highest BCUT2D eigenvalue weighted by Crippen LogP contribution is 2.46. The average Bonchev–Trinajstić information content (AvgIpc) is 3.45. The molecule has 0 nitrogen and oxygen atoms in total. The Labute approximate surface area is 248 Å². The fraction of sp³-hybridized carbons (Fsp3) is 0.750. The lowest BCUT2D eigenvalue weighted by atomic mass is 10.0. The van der Waals surface area contributed by atoms with Gasteiger partial charge in [0.05, 0.1) is 8.66 Å². The van der Waals surface area contributed by atoms with Gasteiger partial charge in [0.15, 0.2) is 0 Å². The summed E-state index contributed by atoms with van der Waals surface area (Å²) in [6.45, 7) is 4.59. The van der Waals surface area contributed by atoms with Crippen LogP contribution in [0.1, 0.15) is 153 Å². The van der Waals surface area contributed by atoms with E-state index in [1.54, 1.807) is 0 Å². The van der Waals surface area contributed by atoms with Crippen LogP contribution in [-0.4, -0.2) is 0 Å². The standard InChI is InChI=1S/C32H52Br2S2/c1-3-5-7-9-11-13-15-17-19-21-23-27-25-29(35-26-27)31-30(33)28(32(34)36-31)24-22-20-18-16-14-12-10-8-6-4-2/h25-26H,3-24H2,1-2H3. The van der Waals surface area contributed by atoms with Crippen molar-refractivity contribution in [2.45, 2.75) is 155 Å². The van der Waals surface area contributed by atoms with Gasteiger partial charge in [0.1, 0.15) is 0 Å². The molecule has 4 heteroatoms. The predicted octanol–water partition coefficient (Wildman–Crippen LogP) is 13.9. The van der Waals surface area contributed by atoms with Gasteiger partial charge >= 0.3 is 0 Å². The Morgan fingerprint density at radius 3 is 1.53 bits per heavy atom. The Morgan fingerprint density at radius 2 is 1.03 bits per heavy atom. The Balaban J connectivity index is 1.63. The maximum atomic E-state index is 3.97. The first-order valence-electron chi connectivity index (χ1n) is 15.2. The van der Waals surface area contributed by atoms with Gasteiger partial charge in [-0.2, -0.15) is 0 Å². The summed E-state index contributed by atoms with van der Waals surface area (Å²) in [5.41, 5.74) is 3.02. The molecule has 0 aliphatic heterocycles. The third kappa shape index (κ3) is 13.4. The van der Waals surface area contributed by atoms with Crippen molar-refractivity contribution in [3.05, 3.63) is 30.8 Å². The summed E-state index contributed by atoms with van der Waals surface area (Å²) in [5.74, 6) is 0. The van der Waals surface area contributed by atoms with Crippen molar-refractivity contribution in [2.75, 3.05) is 0 Å². The van der Waals surface area contributed by atoms with Gasteiger partial charge in [0.2, 0.25) is 0 Å². The molecule has 0 aliphatic rings. The lowest BCUT2D eigenvalue weighted by Crippen LogP contribution is -1.87. The highest BCUT2D eigenvalue weighted by molar-refractivity contribution is 9.11. The van der Waals surface area contributed by atoms with E-state index in [4.69, 9.17) is 0 Å². The third-order valence-electron chi connectivity index (χ3n) is 7.37. The van der Waals surface area contributed by atoms with Gasteiger partial charge in [-0.25, -0.2) is 0 Å². The number of thiophene rings is 2. The fourth-order valence-electron chi connectivity index (χ4n) is 5.02. The molecular weight excluding hydrogens is 608 g/mol. The predicted molar refractivity (Wildman–Crippen MR) is 174 cm³/mol. The van der Waals surface area contributed by atoms with Gasteiger partial charge in [-0.1, -0.05) is 129 Å². The molecule has 36 heavy (non-hydrogen) atoms. The van der Waals surface area contributed by atoms with E-state index in [0.717, 1.165) is 0 Å². The minimum absolute atomic E-state index is 1.19. The summed E-state index contributed by atoms with van der Waals surface area (Å²) < 4.78 is 2.66. The molecule has 0 unspecified atom stereocenters. The van der Waals surface area contributed by atoms with Crippen molar-refractivity contribution in [3.8, 4) is 9.75 Å². The highest BCUT2D eigenvalue weighted by atomic mass is 79.9. The molecule has 2 heterocycles. The van der Waals surface area contributed by atoms with Crippen LogP contribution in [0.4, 0.5) is 0 Å². The van der Waals surface area contributed by atoms with Gasteiger partial charge in [0, 0.05) is 9.35 Å². The zero-order valence-corrected chi connectivity index (χ0v) is 28.1. The minimum Gasteiger partial charge on any atom is -0.143 e. The Hall–Kier alpha value is 0.360. The van der Waals surface area contributed by atoms with Crippen molar-refractivity contribution >= 4 is 54.5 Å². The van der Waals surface area contributed by atoms with Crippen LogP contribution in [-0.2, 0) is 12.8 Å². The fourth-order valence-corrected chi connectivity index (χ4v) is 9.32. The van der Waals surface area contributed by atoms with Crippen LogP contribution in [0, 0.1) is 0 Å². The van der Waals surface area contributed by atoms with Crippen molar-refractivity contribution in [1.82, 2.24) is 0 Å². The number of aryl methyl sites for hydroxylation is 1. The number of hydrogen-bond donors (Lipinski definition) is 0. The third-order valence-corrected chi connectivity index (χ3v) is 11.7. The summed E-state index contributed by atoms with van der Waals surface area (Å²) >= 11 is 11.7. The maximum absolute atomic E-state index is 3.97. The number of halogens is 2. The first kappa shape index (κ1) is 32.6. The first-order valence-corrected chi connectivity index (χ1v) is 18.5. The summed E-state index contributed by atoms with van der Waals surface area (Å²) in [6.07, 6.45) is 30.5. The molecule has 0 atom stereocenters. The second kappa shape index (κ2) is 21.2. The molecule has 2 aromatic rings. The van der Waals surface area contributed by atoms with E-state index in [-0.39, 0.29) is 0 Å². The average molecular weight is 661 g/mol. The normalized spacial score (nSPS) is 11.6. The SMILES string of the molecule is CCCCCCCCCCCCc1csc(-c2sc(Br)c(CCCCCCCCCCCC)c2Br)c1. The van der Waals surface area contributed by atoms with E-state index in [1.165, 1.54) is 170 Å². The van der Waals surface area contributed by atoms with Crippen LogP contribution < -0.4 is 0 Å². The lowest BCUT2D eigenvalue weighted by Gasteiger charge is -2.03. The van der Waals surface area contributed by atoms with E-state index in [2.05, 4.69) is 57.2 Å². The second-order valence-corrected chi connectivity index (χ2v) is 14.7. The Kier molecular flexibility index (Phi) is 19.2. The smallest absolute Gasteiger partial charge is 0.0748 e. The van der Waals surface area contributed by atoms with Gasteiger partial charge in [-0.15, -0.1) is 22.7 Å². The largest absolute Gasteiger partial charge is 0.143 e. The molecule has 0 amide bonds. The monoisotopic (exact) mass is 658 g/mol. The lowest BCUT2D eigenvalue weighted by molar-refractivity contribution is 0.556. The molecule has 0 aromatic carbocycles. The van der Waals surface area contributed by atoms with Crippen LogP contribution in [0.25, 0.3) is 9.75 Å². The molecule has 2 rings (SSSR count). The zero-order chi connectivity index (χ0) is 25.8.